The Morgan fingerprint density at radius 3 is 2.79 bits per heavy atom. The van der Waals surface area contributed by atoms with Gasteiger partial charge in [0.1, 0.15) is 11.5 Å². The van der Waals surface area contributed by atoms with Gasteiger partial charge in [0.15, 0.2) is 0 Å². The largest absolute Gasteiger partial charge is 0.497 e. The first kappa shape index (κ1) is 13.7. The van der Waals surface area contributed by atoms with Crippen LogP contribution >= 0.6 is 11.6 Å². The number of rotatable bonds is 6. The van der Waals surface area contributed by atoms with Gasteiger partial charge in [-0.3, -0.25) is 4.68 Å². The summed E-state index contributed by atoms with van der Waals surface area (Å²) in [5.41, 5.74) is 2.08. The maximum absolute atomic E-state index is 5.92. The molecule has 0 radical (unpaired) electrons. The third-order valence-electron chi connectivity index (χ3n) is 2.95. The van der Waals surface area contributed by atoms with E-state index in [4.69, 9.17) is 21.1 Å². The van der Waals surface area contributed by atoms with Gasteiger partial charge in [-0.2, -0.15) is 5.10 Å². The third-order valence-corrected chi connectivity index (χ3v) is 3.24. The molecule has 0 aliphatic carbocycles. The average molecular weight is 281 g/mol. The number of benzene rings is 1. The summed E-state index contributed by atoms with van der Waals surface area (Å²) in [5.74, 6) is 1.99. The summed E-state index contributed by atoms with van der Waals surface area (Å²) in [6.07, 6.45) is 2.59. The van der Waals surface area contributed by atoms with Gasteiger partial charge in [0.2, 0.25) is 0 Å². The quantitative estimate of drug-likeness (QED) is 0.764. The molecule has 0 spiro atoms. The molecule has 0 aliphatic rings. The number of methoxy groups -OCH3 is 1. The van der Waals surface area contributed by atoms with Gasteiger partial charge in [-0.25, -0.2) is 0 Å². The maximum atomic E-state index is 5.92. The molecule has 0 saturated heterocycles. The fraction of sp³-hybridized carbons (Fsp3) is 0.357. The van der Waals surface area contributed by atoms with E-state index in [9.17, 15) is 0 Å². The van der Waals surface area contributed by atoms with E-state index < -0.39 is 0 Å². The van der Waals surface area contributed by atoms with Crippen LogP contribution in [0.2, 0.25) is 0 Å². The molecule has 5 heteroatoms. The number of hydrogen-bond acceptors (Lipinski definition) is 3. The van der Waals surface area contributed by atoms with Crippen LogP contribution in [-0.4, -0.2) is 23.5 Å². The van der Waals surface area contributed by atoms with E-state index in [1.165, 1.54) is 0 Å². The van der Waals surface area contributed by atoms with Crippen LogP contribution in [0, 0.1) is 0 Å². The van der Waals surface area contributed by atoms with Crippen molar-refractivity contribution < 1.29 is 9.47 Å². The molecular formula is C14H17ClN2O2. The minimum atomic E-state index is 0.401. The van der Waals surface area contributed by atoms with Crippen molar-refractivity contribution in [2.75, 3.05) is 13.7 Å². The predicted octanol–water partition coefficient (Wildman–Crippen LogP) is 2.79. The second-order valence-corrected chi connectivity index (χ2v) is 4.42. The second-order valence-electron chi connectivity index (χ2n) is 4.15. The van der Waals surface area contributed by atoms with Crippen LogP contribution < -0.4 is 9.47 Å². The van der Waals surface area contributed by atoms with E-state index in [0.717, 1.165) is 29.2 Å². The zero-order valence-corrected chi connectivity index (χ0v) is 11.9. The first-order valence-corrected chi connectivity index (χ1v) is 6.60. The highest BCUT2D eigenvalue weighted by Gasteiger charge is 2.06. The lowest BCUT2D eigenvalue weighted by molar-refractivity contribution is 0.315. The van der Waals surface area contributed by atoms with Crippen LogP contribution in [0.5, 0.6) is 11.5 Å². The molecule has 0 N–H and O–H groups in total. The van der Waals surface area contributed by atoms with Crippen LogP contribution in [0.4, 0.5) is 0 Å². The van der Waals surface area contributed by atoms with Crippen molar-refractivity contribution in [3.8, 4) is 11.5 Å². The highest BCUT2D eigenvalue weighted by molar-refractivity contribution is 6.17. The van der Waals surface area contributed by atoms with E-state index in [1.54, 1.807) is 13.3 Å². The van der Waals surface area contributed by atoms with Crippen molar-refractivity contribution in [2.24, 2.45) is 7.05 Å². The number of alkyl halides is 1. The minimum absolute atomic E-state index is 0.401. The van der Waals surface area contributed by atoms with E-state index in [-0.39, 0.29) is 0 Å². The molecule has 1 aromatic heterocycles. The SMILES string of the molecule is COc1ccc(OCCc2ccnn2C)c(CCl)c1. The molecule has 2 aromatic rings. The molecule has 1 heterocycles. The fourth-order valence-corrected chi connectivity index (χ4v) is 2.05. The van der Waals surface area contributed by atoms with E-state index in [2.05, 4.69) is 5.10 Å². The Bertz CT molecular complexity index is 540. The fourth-order valence-electron chi connectivity index (χ4n) is 1.84. The predicted molar refractivity (Wildman–Crippen MR) is 75.0 cm³/mol. The van der Waals surface area contributed by atoms with Crippen LogP contribution in [-0.2, 0) is 19.3 Å². The van der Waals surface area contributed by atoms with Crippen molar-refractivity contribution in [2.45, 2.75) is 12.3 Å². The van der Waals surface area contributed by atoms with Gasteiger partial charge in [-0.1, -0.05) is 0 Å². The summed E-state index contributed by atoms with van der Waals surface area (Å²) < 4.78 is 12.8. The lowest BCUT2D eigenvalue weighted by Crippen LogP contribution is -2.07. The Hall–Kier alpha value is -1.68. The topological polar surface area (TPSA) is 36.3 Å². The number of hydrogen-bond donors (Lipinski definition) is 0. The summed E-state index contributed by atoms with van der Waals surface area (Å²) in [6, 6.07) is 7.64. The zero-order valence-electron chi connectivity index (χ0n) is 11.1. The summed E-state index contributed by atoms with van der Waals surface area (Å²) >= 11 is 5.92. The number of nitrogens with zero attached hydrogens (tertiary/aromatic N) is 2. The Kier molecular flexibility index (Phi) is 4.68. The Morgan fingerprint density at radius 2 is 2.16 bits per heavy atom. The average Bonchev–Trinajstić information content (AvgIpc) is 2.84. The Balaban J connectivity index is 1.97. The van der Waals surface area contributed by atoms with Gasteiger partial charge in [0, 0.05) is 30.9 Å². The molecule has 2 rings (SSSR count). The molecular weight excluding hydrogens is 264 g/mol. The molecule has 0 bridgehead atoms. The smallest absolute Gasteiger partial charge is 0.123 e. The van der Waals surface area contributed by atoms with E-state index in [1.807, 2.05) is 36.0 Å². The number of aryl methyl sites for hydroxylation is 1. The van der Waals surface area contributed by atoms with Crippen molar-refractivity contribution in [3.63, 3.8) is 0 Å². The second kappa shape index (κ2) is 6.48. The lowest BCUT2D eigenvalue weighted by atomic mass is 10.2. The lowest BCUT2D eigenvalue weighted by Gasteiger charge is -2.11. The molecule has 0 aliphatic heterocycles. The van der Waals surface area contributed by atoms with Gasteiger partial charge in [0.25, 0.3) is 0 Å². The van der Waals surface area contributed by atoms with Crippen molar-refractivity contribution in [3.05, 3.63) is 41.7 Å². The molecule has 4 nitrogen and oxygen atoms in total. The van der Waals surface area contributed by atoms with E-state index in [0.29, 0.717) is 12.5 Å². The van der Waals surface area contributed by atoms with Gasteiger partial charge in [0.05, 0.1) is 19.6 Å². The highest BCUT2D eigenvalue weighted by Crippen LogP contribution is 2.25. The van der Waals surface area contributed by atoms with Crippen molar-refractivity contribution in [1.82, 2.24) is 9.78 Å². The summed E-state index contributed by atoms with van der Waals surface area (Å²) in [4.78, 5) is 0. The monoisotopic (exact) mass is 280 g/mol. The summed E-state index contributed by atoms with van der Waals surface area (Å²) in [7, 11) is 3.56. The third kappa shape index (κ3) is 3.41. The van der Waals surface area contributed by atoms with Gasteiger partial charge < -0.3 is 9.47 Å². The molecule has 0 fully saturated rings. The first-order valence-electron chi connectivity index (χ1n) is 6.07. The van der Waals surface area contributed by atoms with E-state index >= 15 is 0 Å². The van der Waals surface area contributed by atoms with Gasteiger partial charge in [-0.15, -0.1) is 11.6 Å². The minimum Gasteiger partial charge on any atom is -0.497 e. The van der Waals surface area contributed by atoms with Crippen molar-refractivity contribution in [1.29, 1.82) is 0 Å². The molecule has 0 unspecified atom stereocenters. The molecule has 0 saturated carbocycles. The van der Waals surface area contributed by atoms with Crippen molar-refractivity contribution >= 4 is 11.6 Å². The van der Waals surface area contributed by atoms with Crippen LogP contribution in [0.25, 0.3) is 0 Å². The van der Waals surface area contributed by atoms with Crippen LogP contribution in [0.3, 0.4) is 0 Å². The standard InChI is InChI=1S/C14H17ClN2O2/c1-17-12(5-7-16-17)6-8-19-14-4-3-13(18-2)9-11(14)10-15/h3-5,7,9H,6,8,10H2,1-2H3. The summed E-state index contributed by atoms with van der Waals surface area (Å²) in [6.45, 7) is 0.593. The first-order chi connectivity index (χ1) is 9.24. The number of ether oxygens (including phenoxy) is 2. The maximum Gasteiger partial charge on any atom is 0.123 e. The molecule has 1 aromatic carbocycles. The zero-order chi connectivity index (χ0) is 13.7. The molecule has 102 valence electrons. The number of aromatic nitrogens is 2. The number of halogens is 1. The van der Waals surface area contributed by atoms with Crippen LogP contribution in [0.1, 0.15) is 11.3 Å². The molecule has 19 heavy (non-hydrogen) atoms. The Morgan fingerprint density at radius 1 is 1.32 bits per heavy atom. The molecule has 0 amide bonds. The van der Waals surface area contributed by atoms with Crippen LogP contribution in [0.15, 0.2) is 30.5 Å². The Labute approximate surface area is 117 Å². The van der Waals surface area contributed by atoms with Gasteiger partial charge >= 0.3 is 0 Å². The highest BCUT2D eigenvalue weighted by atomic mass is 35.5. The van der Waals surface area contributed by atoms with Gasteiger partial charge in [-0.05, 0) is 24.3 Å². The normalized spacial score (nSPS) is 10.5. The summed E-state index contributed by atoms with van der Waals surface area (Å²) in [5, 5.41) is 4.12. The molecule has 0 atom stereocenters.